The van der Waals surface area contributed by atoms with Crippen LogP contribution in [0.3, 0.4) is 0 Å². The highest BCUT2D eigenvalue weighted by molar-refractivity contribution is 7.16. The van der Waals surface area contributed by atoms with Gasteiger partial charge in [0.15, 0.2) is 0 Å². The van der Waals surface area contributed by atoms with Crippen LogP contribution in [0.15, 0.2) is 23.8 Å². The maximum absolute atomic E-state index is 2.73. The number of hydrogen-bond donors (Lipinski definition) is 0. The van der Waals surface area contributed by atoms with Gasteiger partial charge in [0.25, 0.3) is 0 Å². The number of rotatable bonds is 2. The molecule has 5 rings (SSSR count). The molecule has 3 aliphatic carbocycles. The van der Waals surface area contributed by atoms with Gasteiger partial charge in [0.2, 0.25) is 0 Å². The van der Waals surface area contributed by atoms with Crippen molar-refractivity contribution in [2.45, 2.75) is 71.6 Å². The van der Waals surface area contributed by atoms with Crippen LogP contribution in [0, 0.1) is 37.5 Å². The van der Waals surface area contributed by atoms with E-state index in [1.807, 2.05) is 0 Å². The zero-order valence-electron chi connectivity index (χ0n) is 18.4. The standard InChI is InChI=1S/C25H34S2Si/c1-13-8-14(2)18-10-15(3)24(21(18)9-13)28(6,7)25-22-19(11-16(4)26-22)20-12-17(5)27-23(20)25/h10-14,18,21,24-25H,8-9H2,1-7H3. The molecule has 1 saturated carbocycles. The summed E-state index contributed by atoms with van der Waals surface area (Å²) in [5, 5.41) is 0. The number of thiophene rings is 2. The minimum absolute atomic E-state index is 0.703. The Kier molecular flexibility index (Phi) is 4.44. The quantitative estimate of drug-likeness (QED) is 0.334. The minimum Gasteiger partial charge on any atom is -0.145 e. The molecule has 5 unspecified atom stereocenters. The van der Waals surface area contributed by atoms with Crippen molar-refractivity contribution in [1.82, 2.24) is 0 Å². The van der Waals surface area contributed by atoms with E-state index in [1.54, 1.807) is 26.5 Å². The predicted molar refractivity (Wildman–Crippen MR) is 128 cm³/mol. The van der Waals surface area contributed by atoms with E-state index in [0.29, 0.717) is 5.54 Å². The molecule has 0 saturated heterocycles. The predicted octanol–water partition coefficient (Wildman–Crippen LogP) is 8.41. The highest BCUT2D eigenvalue weighted by atomic mass is 32.1. The average Bonchev–Trinajstić information content (AvgIpc) is 3.27. The maximum Gasteiger partial charge on any atom is 0.0699 e. The summed E-state index contributed by atoms with van der Waals surface area (Å²) in [7, 11) is -1.59. The van der Waals surface area contributed by atoms with Gasteiger partial charge < -0.3 is 0 Å². The average molecular weight is 427 g/mol. The first-order valence-electron chi connectivity index (χ1n) is 11.1. The molecule has 2 aromatic heterocycles. The summed E-state index contributed by atoms with van der Waals surface area (Å²) in [4.78, 5) is 6.41. The molecule has 0 amide bonds. The van der Waals surface area contributed by atoms with Crippen LogP contribution in [-0.4, -0.2) is 8.07 Å². The van der Waals surface area contributed by atoms with E-state index in [-0.39, 0.29) is 0 Å². The third kappa shape index (κ3) is 2.65. The van der Waals surface area contributed by atoms with Crippen molar-refractivity contribution in [1.29, 1.82) is 0 Å². The fourth-order valence-corrected chi connectivity index (χ4v) is 16.4. The summed E-state index contributed by atoms with van der Waals surface area (Å²) in [5.41, 5.74) is 6.44. The van der Waals surface area contributed by atoms with Crippen LogP contribution >= 0.6 is 22.7 Å². The molecule has 0 spiro atoms. The number of aryl methyl sites for hydroxylation is 2. The van der Waals surface area contributed by atoms with Crippen molar-refractivity contribution in [3.8, 4) is 11.1 Å². The molecule has 0 aromatic carbocycles. The van der Waals surface area contributed by atoms with Crippen LogP contribution in [-0.2, 0) is 0 Å². The summed E-state index contributed by atoms with van der Waals surface area (Å²) in [6.45, 7) is 17.6. The molecule has 150 valence electrons. The van der Waals surface area contributed by atoms with Crippen molar-refractivity contribution >= 4 is 30.7 Å². The summed E-state index contributed by atoms with van der Waals surface area (Å²) < 4.78 is 0. The second kappa shape index (κ2) is 6.43. The third-order valence-electron chi connectivity index (χ3n) is 8.10. The fraction of sp³-hybridized carbons (Fsp3) is 0.600. The Morgan fingerprint density at radius 3 is 2.04 bits per heavy atom. The largest absolute Gasteiger partial charge is 0.145 e. The molecule has 0 bridgehead atoms. The van der Waals surface area contributed by atoms with Gasteiger partial charge in [-0.3, -0.25) is 0 Å². The van der Waals surface area contributed by atoms with Crippen LogP contribution < -0.4 is 0 Å². The second-order valence-corrected chi connectivity index (χ2v) is 18.1. The summed E-state index contributed by atoms with van der Waals surface area (Å²) in [5.74, 6) is 3.49. The van der Waals surface area contributed by atoms with E-state index in [2.05, 4.69) is 88.6 Å². The van der Waals surface area contributed by atoms with Gasteiger partial charge in [-0.25, -0.2) is 0 Å². The van der Waals surface area contributed by atoms with Crippen molar-refractivity contribution in [3.63, 3.8) is 0 Å². The Balaban J connectivity index is 1.61. The molecule has 0 aliphatic heterocycles. The molecule has 28 heavy (non-hydrogen) atoms. The van der Waals surface area contributed by atoms with Crippen molar-refractivity contribution in [2.75, 3.05) is 0 Å². The van der Waals surface area contributed by atoms with Gasteiger partial charge in [-0.05, 0) is 86.1 Å². The number of allylic oxidation sites excluding steroid dienone is 2. The van der Waals surface area contributed by atoms with Gasteiger partial charge in [-0.1, -0.05) is 38.6 Å². The Bertz CT molecular complexity index is 913. The zero-order chi connectivity index (χ0) is 20.0. The molecule has 1 fully saturated rings. The van der Waals surface area contributed by atoms with E-state index in [0.717, 1.165) is 29.2 Å². The first-order chi connectivity index (χ1) is 13.2. The lowest BCUT2D eigenvalue weighted by Crippen LogP contribution is -2.44. The van der Waals surface area contributed by atoms with Crippen molar-refractivity contribution in [3.05, 3.63) is 43.3 Å². The molecule has 2 aromatic rings. The Labute approximate surface area is 180 Å². The van der Waals surface area contributed by atoms with Crippen molar-refractivity contribution < 1.29 is 0 Å². The van der Waals surface area contributed by atoms with Crippen LogP contribution in [0.4, 0.5) is 0 Å². The van der Waals surface area contributed by atoms with Crippen molar-refractivity contribution in [2.24, 2.45) is 23.7 Å². The highest BCUT2D eigenvalue weighted by Crippen LogP contribution is 2.63. The van der Waals surface area contributed by atoms with Gasteiger partial charge in [0, 0.05) is 25.0 Å². The summed E-state index contributed by atoms with van der Waals surface area (Å²) >= 11 is 4.18. The van der Waals surface area contributed by atoms with E-state index >= 15 is 0 Å². The van der Waals surface area contributed by atoms with Crippen LogP contribution in [0.1, 0.15) is 58.7 Å². The Hall–Kier alpha value is -0.643. The van der Waals surface area contributed by atoms with Gasteiger partial charge in [-0.2, -0.15) is 0 Å². The first-order valence-corrected chi connectivity index (χ1v) is 15.9. The molecular formula is C25H34S2Si. The van der Waals surface area contributed by atoms with E-state index in [1.165, 1.54) is 22.6 Å². The third-order valence-corrected chi connectivity index (χ3v) is 15.3. The second-order valence-electron chi connectivity index (χ2n) is 10.7. The number of fused-ring (bicyclic) bond motifs is 4. The molecule has 0 nitrogen and oxygen atoms in total. The van der Waals surface area contributed by atoms with Crippen LogP contribution in [0.5, 0.6) is 0 Å². The molecule has 5 atom stereocenters. The highest BCUT2D eigenvalue weighted by Gasteiger charge is 2.54. The molecular weight excluding hydrogens is 392 g/mol. The van der Waals surface area contributed by atoms with Gasteiger partial charge in [0.05, 0.1) is 8.07 Å². The topological polar surface area (TPSA) is 0 Å². The fourth-order valence-electron chi connectivity index (χ4n) is 7.35. The van der Waals surface area contributed by atoms with Gasteiger partial charge in [-0.15, -0.1) is 22.7 Å². The lowest BCUT2D eigenvalue weighted by Gasteiger charge is -2.45. The molecule has 3 aliphatic rings. The molecule has 0 radical (unpaired) electrons. The summed E-state index contributed by atoms with van der Waals surface area (Å²) in [6.07, 6.45) is 5.59. The van der Waals surface area contributed by atoms with E-state index in [4.69, 9.17) is 0 Å². The first kappa shape index (κ1) is 19.3. The summed E-state index contributed by atoms with van der Waals surface area (Å²) in [6, 6.07) is 4.95. The van der Waals surface area contributed by atoms with Gasteiger partial charge in [0.1, 0.15) is 0 Å². The molecule has 0 N–H and O–H groups in total. The SMILES string of the molecule is CC1=CC2C(C)CC(C)CC2C1[Si](C)(C)C1c2sc(C)cc2-c2cc(C)sc21. The zero-order valence-corrected chi connectivity index (χ0v) is 21.1. The minimum atomic E-state index is -1.59. The van der Waals surface area contributed by atoms with E-state index in [9.17, 15) is 0 Å². The van der Waals surface area contributed by atoms with Gasteiger partial charge >= 0.3 is 0 Å². The normalized spacial score (nSPS) is 32.2. The number of hydrogen-bond acceptors (Lipinski definition) is 2. The lowest BCUT2D eigenvalue weighted by molar-refractivity contribution is 0.170. The molecule has 2 heterocycles. The Morgan fingerprint density at radius 2 is 1.46 bits per heavy atom. The Morgan fingerprint density at radius 1 is 0.893 bits per heavy atom. The van der Waals surface area contributed by atoms with Crippen LogP contribution in [0.25, 0.3) is 11.1 Å². The lowest BCUT2D eigenvalue weighted by atomic mass is 9.70. The van der Waals surface area contributed by atoms with Crippen LogP contribution in [0.2, 0.25) is 18.6 Å². The smallest absolute Gasteiger partial charge is 0.0699 e. The monoisotopic (exact) mass is 426 g/mol. The maximum atomic E-state index is 2.73. The van der Waals surface area contributed by atoms with E-state index < -0.39 is 8.07 Å². The molecule has 3 heteroatoms.